The molecule has 1 fully saturated rings. The van der Waals surface area contributed by atoms with Gasteiger partial charge in [-0.15, -0.1) is 0 Å². The van der Waals surface area contributed by atoms with Crippen LogP contribution in [0.3, 0.4) is 0 Å². The second-order valence-corrected chi connectivity index (χ2v) is 11.9. The Hall–Kier alpha value is -3.12. The number of carbonyl (C=O) groups is 1. The van der Waals surface area contributed by atoms with Crippen molar-refractivity contribution in [3.63, 3.8) is 0 Å². The first kappa shape index (κ1) is 27.4. The van der Waals surface area contributed by atoms with Gasteiger partial charge in [0.2, 0.25) is 0 Å². The fourth-order valence-corrected chi connectivity index (χ4v) is 6.37. The van der Waals surface area contributed by atoms with Crippen molar-refractivity contribution in [3.05, 3.63) is 106 Å². The number of ether oxygens (including phenoxy) is 1. The summed E-state index contributed by atoms with van der Waals surface area (Å²) in [6.45, 7) is 1.68. The first-order valence-corrected chi connectivity index (χ1v) is 14.7. The number of halogens is 1. The van der Waals surface area contributed by atoms with Crippen molar-refractivity contribution in [2.75, 3.05) is 12.4 Å². The SMILES string of the molecule is CC(=O)Oc1ccccc1CC[C@@H](SCC1(CO)CC1)c1cccc(/C=C/c2ccc3ccc(Cl)cc3n2)c1. The minimum atomic E-state index is -0.310. The van der Waals surface area contributed by atoms with E-state index in [0.717, 1.165) is 59.2 Å². The summed E-state index contributed by atoms with van der Waals surface area (Å²) in [4.78, 5) is 16.3. The van der Waals surface area contributed by atoms with Gasteiger partial charge in [-0.05, 0) is 72.7 Å². The molecule has 6 heteroatoms. The summed E-state index contributed by atoms with van der Waals surface area (Å²) in [5.41, 5.74) is 5.21. The van der Waals surface area contributed by atoms with E-state index in [0.29, 0.717) is 10.8 Å². The average Bonchev–Trinajstić information content (AvgIpc) is 3.73. The maximum Gasteiger partial charge on any atom is 0.308 e. The molecule has 1 aromatic heterocycles. The fourth-order valence-electron chi connectivity index (χ4n) is 4.64. The van der Waals surface area contributed by atoms with Crippen molar-refractivity contribution >= 4 is 52.4 Å². The summed E-state index contributed by atoms with van der Waals surface area (Å²) >= 11 is 8.07. The lowest BCUT2D eigenvalue weighted by atomic mass is 10.0. The largest absolute Gasteiger partial charge is 0.426 e. The van der Waals surface area contributed by atoms with E-state index in [2.05, 4.69) is 36.4 Å². The standard InChI is InChI=1S/C33H32ClNO3S/c1-23(37)38-31-8-3-2-6-26(31)12-16-32(39-22-33(21-36)17-18-33)27-7-4-5-24(19-27)9-14-29-15-11-25-10-13-28(34)20-30(25)35-29/h2-11,13-15,19-20,32,36H,12,16-18,21-22H2,1H3/b14-9+/t32-/m1/s1. The monoisotopic (exact) mass is 557 g/mol. The van der Waals surface area contributed by atoms with Gasteiger partial charge >= 0.3 is 5.97 Å². The normalized spacial score (nSPS) is 14.9. The van der Waals surface area contributed by atoms with E-state index in [4.69, 9.17) is 21.3 Å². The van der Waals surface area contributed by atoms with E-state index >= 15 is 0 Å². The smallest absolute Gasteiger partial charge is 0.308 e. The molecule has 0 aliphatic heterocycles. The Morgan fingerprint density at radius 1 is 1.08 bits per heavy atom. The van der Waals surface area contributed by atoms with Gasteiger partial charge in [0.1, 0.15) is 5.75 Å². The summed E-state index contributed by atoms with van der Waals surface area (Å²) in [7, 11) is 0. The Morgan fingerprint density at radius 3 is 2.69 bits per heavy atom. The molecule has 0 saturated heterocycles. The Kier molecular flexibility index (Phi) is 8.71. The molecule has 1 atom stereocenters. The number of fused-ring (bicyclic) bond motifs is 1. The molecule has 4 nitrogen and oxygen atoms in total. The van der Waals surface area contributed by atoms with Gasteiger partial charge in [-0.25, -0.2) is 4.98 Å². The number of carbonyl (C=O) groups excluding carboxylic acids is 1. The van der Waals surface area contributed by atoms with Crippen LogP contribution in [0, 0.1) is 5.41 Å². The van der Waals surface area contributed by atoms with E-state index in [1.807, 2.05) is 66.4 Å². The number of aryl methyl sites for hydroxylation is 1. The quantitative estimate of drug-likeness (QED) is 0.149. The van der Waals surface area contributed by atoms with Gasteiger partial charge in [-0.2, -0.15) is 11.8 Å². The lowest BCUT2D eigenvalue weighted by molar-refractivity contribution is -0.131. The van der Waals surface area contributed by atoms with Crippen molar-refractivity contribution in [2.24, 2.45) is 5.41 Å². The number of hydrogen-bond donors (Lipinski definition) is 1. The number of rotatable bonds is 11. The molecule has 1 N–H and O–H groups in total. The van der Waals surface area contributed by atoms with Crippen LogP contribution in [0.4, 0.5) is 0 Å². The third-order valence-corrected chi connectivity index (χ3v) is 9.11. The minimum absolute atomic E-state index is 0.0702. The second-order valence-electron chi connectivity index (χ2n) is 10.3. The lowest BCUT2D eigenvalue weighted by Gasteiger charge is -2.21. The number of hydrogen-bond acceptors (Lipinski definition) is 5. The molecule has 1 heterocycles. The van der Waals surface area contributed by atoms with Crippen molar-refractivity contribution < 1.29 is 14.6 Å². The molecule has 0 radical (unpaired) electrons. The summed E-state index contributed by atoms with van der Waals surface area (Å²) in [5, 5.41) is 11.9. The van der Waals surface area contributed by atoms with Crippen LogP contribution in [0.25, 0.3) is 23.1 Å². The van der Waals surface area contributed by atoms with Crippen LogP contribution in [0.2, 0.25) is 5.02 Å². The molecular weight excluding hydrogens is 526 g/mol. The molecule has 1 aliphatic rings. The number of aliphatic hydroxyl groups is 1. The number of esters is 1. The average molecular weight is 558 g/mol. The van der Waals surface area contributed by atoms with Gasteiger partial charge in [0.05, 0.1) is 11.2 Å². The highest BCUT2D eigenvalue weighted by atomic mass is 35.5. The van der Waals surface area contributed by atoms with Crippen LogP contribution in [0.5, 0.6) is 5.75 Å². The maximum atomic E-state index is 11.6. The number of aromatic nitrogens is 1. The van der Waals surface area contributed by atoms with Crippen molar-refractivity contribution in [1.82, 2.24) is 4.98 Å². The van der Waals surface area contributed by atoms with E-state index in [1.165, 1.54) is 12.5 Å². The molecule has 1 saturated carbocycles. The molecule has 4 aromatic rings. The third kappa shape index (κ3) is 7.30. The van der Waals surface area contributed by atoms with E-state index in [9.17, 15) is 9.90 Å². The van der Waals surface area contributed by atoms with Crippen molar-refractivity contribution in [1.29, 1.82) is 0 Å². The van der Waals surface area contributed by atoms with E-state index < -0.39 is 0 Å². The molecule has 0 spiro atoms. The molecule has 3 aromatic carbocycles. The van der Waals surface area contributed by atoms with Gasteiger partial charge in [0, 0.05) is 40.4 Å². The van der Waals surface area contributed by atoms with Gasteiger partial charge < -0.3 is 9.84 Å². The molecule has 39 heavy (non-hydrogen) atoms. The van der Waals surface area contributed by atoms with Gasteiger partial charge in [0.25, 0.3) is 0 Å². The van der Waals surface area contributed by atoms with Crippen molar-refractivity contribution in [3.8, 4) is 5.75 Å². The Morgan fingerprint density at radius 2 is 1.90 bits per heavy atom. The number of aliphatic hydroxyl groups excluding tert-OH is 1. The molecule has 5 rings (SSSR count). The summed E-state index contributed by atoms with van der Waals surface area (Å²) < 4.78 is 5.45. The molecule has 0 amide bonds. The highest BCUT2D eigenvalue weighted by Gasteiger charge is 2.42. The predicted molar refractivity (Wildman–Crippen MR) is 162 cm³/mol. The Labute approximate surface area is 239 Å². The summed E-state index contributed by atoms with van der Waals surface area (Å²) in [6, 6.07) is 26.2. The topological polar surface area (TPSA) is 59.4 Å². The summed E-state index contributed by atoms with van der Waals surface area (Å²) in [6.07, 6.45) is 7.98. The van der Waals surface area contributed by atoms with Gasteiger partial charge in [0.15, 0.2) is 0 Å². The van der Waals surface area contributed by atoms with Crippen LogP contribution < -0.4 is 4.74 Å². The third-order valence-electron chi connectivity index (χ3n) is 7.19. The van der Waals surface area contributed by atoms with Crippen LogP contribution in [-0.4, -0.2) is 28.4 Å². The van der Waals surface area contributed by atoms with Crippen molar-refractivity contribution in [2.45, 2.75) is 37.9 Å². The zero-order valence-corrected chi connectivity index (χ0v) is 23.5. The van der Waals surface area contributed by atoms with Crippen LogP contribution in [-0.2, 0) is 11.2 Å². The zero-order valence-electron chi connectivity index (χ0n) is 22.0. The molecule has 1 aliphatic carbocycles. The van der Waals surface area contributed by atoms with Crippen LogP contribution in [0.1, 0.15) is 53.8 Å². The summed E-state index contributed by atoms with van der Waals surface area (Å²) in [5.74, 6) is 1.25. The molecule has 200 valence electrons. The van der Waals surface area contributed by atoms with Crippen LogP contribution >= 0.6 is 23.4 Å². The first-order valence-electron chi connectivity index (χ1n) is 13.3. The Bertz CT molecular complexity index is 1500. The molecule has 0 bridgehead atoms. The number of pyridine rings is 1. The minimum Gasteiger partial charge on any atom is -0.426 e. The Balaban J connectivity index is 1.35. The molecular formula is C33H32ClNO3S. The van der Waals surface area contributed by atoms with Crippen LogP contribution in [0.15, 0.2) is 78.9 Å². The van der Waals surface area contributed by atoms with E-state index in [-0.39, 0.29) is 23.2 Å². The van der Waals surface area contributed by atoms with Gasteiger partial charge in [-0.1, -0.05) is 72.3 Å². The number of benzene rings is 3. The number of nitrogens with zero attached hydrogens (tertiary/aromatic N) is 1. The highest BCUT2D eigenvalue weighted by molar-refractivity contribution is 7.99. The number of para-hydroxylation sites is 1. The zero-order chi connectivity index (χ0) is 27.2. The second kappa shape index (κ2) is 12.4. The highest BCUT2D eigenvalue weighted by Crippen LogP contribution is 2.50. The molecule has 0 unspecified atom stereocenters. The number of thioether (sulfide) groups is 1. The van der Waals surface area contributed by atoms with Gasteiger partial charge in [-0.3, -0.25) is 4.79 Å². The maximum absolute atomic E-state index is 11.6. The fraction of sp³-hybridized carbons (Fsp3) is 0.273. The predicted octanol–water partition coefficient (Wildman–Crippen LogP) is 8.16. The van der Waals surface area contributed by atoms with E-state index in [1.54, 1.807) is 0 Å². The lowest BCUT2D eigenvalue weighted by Crippen LogP contribution is -2.11. The first-order chi connectivity index (χ1) is 18.9.